The summed E-state index contributed by atoms with van der Waals surface area (Å²) in [6, 6.07) is 14.2. The average molecular weight is 401 g/mol. The van der Waals surface area contributed by atoms with Crippen molar-refractivity contribution in [3.05, 3.63) is 86.8 Å². The van der Waals surface area contributed by atoms with E-state index in [-0.39, 0.29) is 22.4 Å². The van der Waals surface area contributed by atoms with Crippen LogP contribution in [0.25, 0.3) is 0 Å². The SMILES string of the molecule is Cc1ccc(CN(C)C(=O)c2ccc(Oc3ccc(Cl)cc3[N+](=O)[O-])cc2)o1. The number of hydrogen-bond donors (Lipinski definition) is 0. The quantitative estimate of drug-likeness (QED) is 0.418. The highest BCUT2D eigenvalue weighted by Gasteiger charge is 2.17. The first-order chi connectivity index (χ1) is 13.3. The second-order valence-electron chi connectivity index (χ2n) is 6.17. The van der Waals surface area contributed by atoms with Gasteiger partial charge >= 0.3 is 5.69 Å². The molecule has 0 fully saturated rings. The summed E-state index contributed by atoms with van der Waals surface area (Å²) in [5, 5.41) is 11.4. The van der Waals surface area contributed by atoms with Gasteiger partial charge in [-0.3, -0.25) is 14.9 Å². The third kappa shape index (κ3) is 4.50. The van der Waals surface area contributed by atoms with Crippen molar-refractivity contribution in [3.8, 4) is 11.5 Å². The molecule has 8 heteroatoms. The highest BCUT2D eigenvalue weighted by atomic mass is 35.5. The van der Waals surface area contributed by atoms with E-state index in [0.29, 0.717) is 23.6 Å². The van der Waals surface area contributed by atoms with Crippen LogP contribution in [-0.2, 0) is 6.54 Å². The highest BCUT2D eigenvalue weighted by molar-refractivity contribution is 6.30. The van der Waals surface area contributed by atoms with Crippen molar-refractivity contribution in [2.45, 2.75) is 13.5 Å². The molecule has 0 atom stereocenters. The van der Waals surface area contributed by atoms with Crippen molar-refractivity contribution < 1.29 is 18.9 Å². The average Bonchev–Trinajstić information content (AvgIpc) is 3.07. The highest BCUT2D eigenvalue weighted by Crippen LogP contribution is 2.33. The first-order valence-electron chi connectivity index (χ1n) is 8.36. The van der Waals surface area contributed by atoms with Crippen molar-refractivity contribution in [2.75, 3.05) is 7.05 Å². The molecule has 0 bridgehead atoms. The molecule has 28 heavy (non-hydrogen) atoms. The molecule has 7 nitrogen and oxygen atoms in total. The van der Waals surface area contributed by atoms with E-state index in [1.165, 1.54) is 23.1 Å². The Morgan fingerprint density at radius 1 is 1.18 bits per heavy atom. The van der Waals surface area contributed by atoms with Crippen LogP contribution in [0.4, 0.5) is 5.69 Å². The summed E-state index contributed by atoms with van der Waals surface area (Å²) in [7, 11) is 1.68. The maximum atomic E-state index is 12.5. The topological polar surface area (TPSA) is 85.8 Å². The van der Waals surface area contributed by atoms with Crippen LogP contribution in [0.5, 0.6) is 11.5 Å². The van der Waals surface area contributed by atoms with Gasteiger partial charge in [0.2, 0.25) is 5.75 Å². The van der Waals surface area contributed by atoms with Gasteiger partial charge in [-0.1, -0.05) is 11.6 Å². The summed E-state index contributed by atoms with van der Waals surface area (Å²) < 4.78 is 11.1. The number of nitrogens with zero attached hydrogens (tertiary/aromatic N) is 2. The lowest BCUT2D eigenvalue weighted by Crippen LogP contribution is -2.25. The third-order valence-corrected chi connectivity index (χ3v) is 4.22. The molecule has 3 rings (SSSR count). The van der Waals surface area contributed by atoms with Crippen LogP contribution in [0.2, 0.25) is 5.02 Å². The minimum atomic E-state index is -0.565. The number of ether oxygens (including phenoxy) is 1. The van der Waals surface area contributed by atoms with E-state index in [4.69, 9.17) is 20.8 Å². The van der Waals surface area contributed by atoms with Gasteiger partial charge in [0.05, 0.1) is 11.5 Å². The van der Waals surface area contributed by atoms with Crippen LogP contribution in [0.15, 0.2) is 59.0 Å². The van der Waals surface area contributed by atoms with Crippen molar-refractivity contribution >= 4 is 23.2 Å². The van der Waals surface area contributed by atoms with Gasteiger partial charge in [-0.2, -0.15) is 0 Å². The fraction of sp³-hybridized carbons (Fsp3) is 0.150. The Morgan fingerprint density at radius 3 is 2.50 bits per heavy atom. The van der Waals surface area contributed by atoms with Gasteiger partial charge in [0.1, 0.15) is 17.3 Å². The normalized spacial score (nSPS) is 10.5. The fourth-order valence-corrected chi connectivity index (χ4v) is 2.77. The number of rotatable bonds is 6. The number of aryl methyl sites for hydroxylation is 1. The largest absolute Gasteiger partial charge is 0.464 e. The van der Waals surface area contributed by atoms with Gasteiger partial charge in [0.15, 0.2) is 0 Å². The lowest BCUT2D eigenvalue weighted by Gasteiger charge is -2.16. The number of benzene rings is 2. The molecule has 1 aromatic heterocycles. The minimum absolute atomic E-state index is 0.0683. The molecule has 0 spiro atoms. The molecule has 0 N–H and O–H groups in total. The number of nitro benzene ring substituents is 1. The maximum absolute atomic E-state index is 12.5. The van der Waals surface area contributed by atoms with E-state index in [9.17, 15) is 14.9 Å². The molecule has 144 valence electrons. The first-order valence-corrected chi connectivity index (χ1v) is 8.74. The van der Waals surface area contributed by atoms with Crippen LogP contribution in [0.3, 0.4) is 0 Å². The Hall–Kier alpha value is -3.32. The molecule has 2 aromatic carbocycles. The molecule has 0 unspecified atom stereocenters. The Kier molecular flexibility index (Phi) is 5.65. The Morgan fingerprint density at radius 2 is 1.89 bits per heavy atom. The van der Waals surface area contributed by atoms with Crippen LogP contribution >= 0.6 is 11.6 Å². The maximum Gasteiger partial charge on any atom is 0.313 e. The van der Waals surface area contributed by atoms with E-state index < -0.39 is 4.92 Å². The Bertz CT molecular complexity index is 1010. The molecule has 1 heterocycles. The summed E-state index contributed by atoms with van der Waals surface area (Å²) in [5.41, 5.74) is 0.227. The second kappa shape index (κ2) is 8.14. The number of carbonyl (C=O) groups is 1. The molecule has 0 aliphatic carbocycles. The van der Waals surface area contributed by atoms with Gasteiger partial charge in [-0.15, -0.1) is 0 Å². The van der Waals surface area contributed by atoms with Gasteiger partial charge in [0.25, 0.3) is 5.91 Å². The van der Waals surface area contributed by atoms with Crippen molar-refractivity contribution in [3.63, 3.8) is 0 Å². The zero-order valence-electron chi connectivity index (χ0n) is 15.2. The van der Waals surface area contributed by atoms with Gasteiger partial charge in [-0.25, -0.2) is 0 Å². The predicted molar refractivity (Wildman–Crippen MR) is 104 cm³/mol. The molecule has 3 aromatic rings. The van der Waals surface area contributed by atoms with Crippen LogP contribution < -0.4 is 4.74 Å². The molecular formula is C20H17ClN2O5. The van der Waals surface area contributed by atoms with E-state index in [1.807, 2.05) is 19.1 Å². The van der Waals surface area contributed by atoms with Crippen LogP contribution in [0.1, 0.15) is 21.9 Å². The smallest absolute Gasteiger partial charge is 0.313 e. The summed E-state index contributed by atoms with van der Waals surface area (Å²) in [4.78, 5) is 24.7. The molecule has 0 saturated carbocycles. The summed E-state index contributed by atoms with van der Waals surface area (Å²) >= 11 is 5.80. The van der Waals surface area contributed by atoms with Gasteiger partial charge < -0.3 is 14.1 Å². The Balaban J connectivity index is 1.71. The zero-order valence-corrected chi connectivity index (χ0v) is 16.0. The number of halogens is 1. The molecule has 0 saturated heterocycles. The number of amides is 1. The summed E-state index contributed by atoms with van der Waals surface area (Å²) in [6.45, 7) is 2.19. The predicted octanol–water partition coefficient (Wildman–Crippen LogP) is 5.21. The van der Waals surface area contributed by atoms with Crippen LogP contribution in [-0.4, -0.2) is 22.8 Å². The fourth-order valence-electron chi connectivity index (χ4n) is 2.61. The molecule has 0 radical (unpaired) electrons. The standard InChI is InChI=1S/C20H17ClN2O5/c1-13-3-7-17(27-13)12-22(2)20(24)14-4-8-16(9-5-14)28-19-10-6-15(21)11-18(19)23(25)26/h3-11H,12H2,1-2H3. The number of carbonyl (C=O) groups excluding carboxylic acids is 1. The lowest BCUT2D eigenvalue weighted by atomic mass is 10.2. The molecule has 0 aliphatic heterocycles. The summed E-state index contributed by atoms with van der Waals surface area (Å²) in [6.07, 6.45) is 0. The van der Waals surface area contributed by atoms with E-state index >= 15 is 0 Å². The molecular weight excluding hydrogens is 384 g/mol. The van der Waals surface area contributed by atoms with Crippen molar-refractivity contribution in [1.29, 1.82) is 0 Å². The monoisotopic (exact) mass is 400 g/mol. The van der Waals surface area contributed by atoms with Crippen LogP contribution in [0, 0.1) is 17.0 Å². The third-order valence-electron chi connectivity index (χ3n) is 3.98. The zero-order chi connectivity index (χ0) is 20.3. The number of nitro groups is 1. The van der Waals surface area contributed by atoms with Gasteiger partial charge in [0, 0.05) is 23.7 Å². The minimum Gasteiger partial charge on any atom is -0.464 e. The van der Waals surface area contributed by atoms with Crippen molar-refractivity contribution in [1.82, 2.24) is 4.90 Å². The first kappa shape index (κ1) is 19.4. The molecule has 1 amide bonds. The summed E-state index contributed by atoms with van der Waals surface area (Å²) in [5.74, 6) is 1.74. The van der Waals surface area contributed by atoms with Crippen molar-refractivity contribution in [2.24, 2.45) is 0 Å². The van der Waals surface area contributed by atoms with E-state index in [0.717, 1.165) is 5.76 Å². The number of hydrogen-bond acceptors (Lipinski definition) is 5. The number of furan rings is 1. The molecule has 0 aliphatic rings. The second-order valence-corrected chi connectivity index (χ2v) is 6.61. The lowest BCUT2D eigenvalue weighted by molar-refractivity contribution is -0.385. The van der Waals surface area contributed by atoms with E-state index in [1.54, 1.807) is 31.3 Å². The van der Waals surface area contributed by atoms with E-state index in [2.05, 4.69) is 0 Å². The Labute approximate surface area is 166 Å². The van der Waals surface area contributed by atoms with Gasteiger partial charge in [-0.05, 0) is 55.5 Å².